The summed E-state index contributed by atoms with van der Waals surface area (Å²) in [4.78, 5) is 6.81. The minimum atomic E-state index is -3.92. The van der Waals surface area contributed by atoms with Gasteiger partial charge in [0.15, 0.2) is 6.21 Å². The van der Waals surface area contributed by atoms with Crippen LogP contribution in [0.4, 0.5) is 5.69 Å². The first-order valence-electron chi connectivity index (χ1n) is 9.48. The molecule has 4 aromatic rings. The Morgan fingerprint density at radius 3 is 2.35 bits per heavy atom. The molecule has 0 bridgehead atoms. The van der Waals surface area contributed by atoms with E-state index in [0.29, 0.717) is 6.26 Å². The third-order valence-corrected chi connectivity index (χ3v) is 5.10. The zero-order chi connectivity index (χ0) is 22.0. The molecule has 0 atom stereocenters. The molecule has 0 saturated heterocycles. The Labute approximate surface area is 185 Å². The maximum atomic E-state index is 9.08. The van der Waals surface area contributed by atoms with Crippen LogP contribution < -0.4 is 4.99 Å². The summed E-state index contributed by atoms with van der Waals surface area (Å²) >= 11 is 6.13. The van der Waals surface area contributed by atoms with Crippen molar-refractivity contribution < 1.29 is 18.0 Å². The predicted octanol–water partition coefficient (Wildman–Crippen LogP) is 3.74. The molecule has 156 valence electrons. The predicted molar refractivity (Wildman–Crippen MR) is 124 cm³/mol. The highest BCUT2D eigenvalue weighted by Gasteiger charge is 2.24. The average Bonchev–Trinajstić information content (AvgIpc) is 3.34. The second kappa shape index (κ2) is 8.51. The monoisotopic (exact) mass is 450 g/mol. The van der Waals surface area contributed by atoms with Crippen LogP contribution in [0, 0.1) is 0 Å². The van der Waals surface area contributed by atoms with E-state index in [9.17, 15) is 0 Å². The summed E-state index contributed by atoms with van der Waals surface area (Å²) in [5.41, 5.74) is 8.19. The lowest BCUT2D eigenvalue weighted by atomic mass is 9.90. The molecule has 0 unspecified atom stereocenters. The van der Waals surface area contributed by atoms with Gasteiger partial charge in [0.1, 0.15) is 0 Å². The Kier molecular flexibility index (Phi) is 5.78. The maximum Gasteiger partial charge on any atom is 0.211 e. The molecule has 0 amide bonds. The first kappa shape index (κ1) is 21.1. The number of hydrogen-bond acceptors (Lipinski definition) is 3. The van der Waals surface area contributed by atoms with Gasteiger partial charge in [-0.05, 0) is 29.8 Å². The highest BCUT2D eigenvalue weighted by Crippen LogP contribution is 2.37. The lowest BCUT2D eigenvalue weighted by molar-refractivity contribution is -0.342. The number of rotatable bonds is 2. The lowest BCUT2D eigenvalue weighted by Gasteiger charge is -2.10. The normalized spacial score (nSPS) is 14.2. The van der Waals surface area contributed by atoms with Crippen LogP contribution in [0.5, 0.6) is 0 Å². The van der Waals surface area contributed by atoms with E-state index in [0.717, 1.165) is 21.8 Å². The van der Waals surface area contributed by atoms with Gasteiger partial charge in [0.05, 0.1) is 21.3 Å². The number of hydrogen-bond donors (Lipinski definition) is 2. The summed E-state index contributed by atoms with van der Waals surface area (Å²) in [6.45, 7) is 0. The fourth-order valence-electron chi connectivity index (χ4n) is 3.63. The Balaban J connectivity index is 0.000000418. The van der Waals surface area contributed by atoms with Crippen molar-refractivity contribution in [2.24, 2.45) is 0 Å². The van der Waals surface area contributed by atoms with E-state index < -0.39 is 10.1 Å². The molecule has 0 radical (unpaired) electrons. The number of para-hydroxylation sites is 2. The number of aromatic amines is 1. The number of aromatic nitrogens is 1. The molecule has 2 heterocycles. The fourth-order valence-corrected chi connectivity index (χ4v) is 3.76. The second-order valence-electron chi connectivity index (χ2n) is 7.08. The van der Waals surface area contributed by atoms with Gasteiger partial charge in [-0.15, -0.1) is 0 Å². The molecule has 1 aromatic heterocycles. The number of nitrogens with one attached hydrogen (secondary N) is 2. The minimum Gasteiger partial charge on any atom is -0.748 e. The molecule has 1 aliphatic heterocycles. The van der Waals surface area contributed by atoms with Crippen molar-refractivity contribution >= 4 is 55.7 Å². The van der Waals surface area contributed by atoms with Crippen LogP contribution in [0.3, 0.4) is 0 Å². The number of H-pyrrole nitrogens is 1. The van der Waals surface area contributed by atoms with Gasteiger partial charge >= 0.3 is 0 Å². The van der Waals surface area contributed by atoms with Crippen molar-refractivity contribution in [1.82, 2.24) is 4.98 Å². The first-order chi connectivity index (χ1) is 14.8. The molecule has 0 spiro atoms. The van der Waals surface area contributed by atoms with E-state index in [-0.39, 0.29) is 0 Å². The highest BCUT2D eigenvalue weighted by molar-refractivity contribution is 7.84. The highest BCUT2D eigenvalue weighted by atomic mass is 35.5. The average molecular weight is 451 g/mol. The summed E-state index contributed by atoms with van der Waals surface area (Å²) in [6, 6.07) is 24.8. The summed E-state index contributed by atoms with van der Waals surface area (Å²) in [7, 11) is -3.92. The summed E-state index contributed by atoms with van der Waals surface area (Å²) in [5.74, 6) is 0. The SMILES string of the molecule is CS(=O)(=O)[O-].Clc1ccc(C(=C2C=[NH+]c3ccccc32)c2c[nH]c3ccccc23)cc1. The Hall–Kier alpha value is -3.19. The first-order valence-corrected chi connectivity index (χ1v) is 11.7. The molecule has 5 nitrogen and oxygen atoms in total. The lowest BCUT2D eigenvalue weighted by Crippen LogP contribution is -2.58. The molecule has 0 saturated carbocycles. The standard InChI is InChI=1S/C23H15ClN2.CH4O3S/c24-16-11-9-15(10-12-16)23(19-13-25-21-7-3-1-5-17(19)21)20-14-26-22-8-4-2-6-18(20)22;1-5(2,3)4/h1-14,25H;1H3,(H,2,3,4). The van der Waals surface area contributed by atoms with Crippen molar-refractivity contribution in [3.05, 3.63) is 101 Å². The number of allylic oxidation sites excluding steroid dienone is 1. The smallest absolute Gasteiger partial charge is 0.211 e. The van der Waals surface area contributed by atoms with Crippen molar-refractivity contribution in [2.45, 2.75) is 0 Å². The number of halogens is 1. The molecule has 5 rings (SSSR count). The molecule has 0 fully saturated rings. The zero-order valence-corrected chi connectivity index (χ0v) is 18.2. The number of fused-ring (bicyclic) bond motifs is 2. The molecular weight excluding hydrogens is 432 g/mol. The van der Waals surface area contributed by atoms with Gasteiger partial charge < -0.3 is 9.54 Å². The minimum absolute atomic E-state index is 0.604. The largest absolute Gasteiger partial charge is 0.748 e. The second-order valence-corrected chi connectivity index (χ2v) is 8.93. The Bertz CT molecular complexity index is 1410. The topological polar surface area (TPSA) is 87.0 Å². The summed E-state index contributed by atoms with van der Waals surface area (Å²) in [5, 5.41) is 1.95. The quantitative estimate of drug-likeness (QED) is 0.456. The van der Waals surface area contributed by atoms with E-state index in [1.165, 1.54) is 27.7 Å². The van der Waals surface area contributed by atoms with Gasteiger partial charge in [0.2, 0.25) is 5.69 Å². The van der Waals surface area contributed by atoms with Crippen molar-refractivity contribution in [2.75, 3.05) is 6.26 Å². The molecule has 1 aliphatic rings. The summed E-state index contributed by atoms with van der Waals surface area (Å²) in [6.07, 6.45) is 4.79. The van der Waals surface area contributed by atoms with Crippen molar-refractivity contribution in [1.29, 1.82) is 0 Å². The van der Waals surface area contributed by atoms with Gasteiger partial charge in [0, 0.05) is 45.6 Å². The summed E-state index contributed by atoms with van der Waals surface area (Å²) < 4.78 is 27.2. The van der Waals surface area contributed by atoms with E-state index in [2.05, 4.69) is 83.1 Å². The van der Waals surface area contributed by atoms with Crippen molar-refractivity contribution in [3.8, 4) is 0 Å². The molecule has 0 aliphatic carbocycles. The maximum absolute atomic E-state index is 9.08. The van der Waals surface area contributed by atoms with Gasteiger partial charge in [-0.25, -0.2) is 13.4 Å². The van der Waals surface area contributed by atoms with Crippen LogP contribution in [-0.4, -0.2) is 30.4 Å². The van der Waals surface area contributed by atoms with Crippen LogP contribution in [0.15, 0.2) is 79.0 Å². The van der Waals surface area contributed by atoms with Gasteiger partial charge in [-0.2, -0.15) is 0 Å². The molecule has 3 aromatic carbocycles. The van der Waals surface area contributed by atoms with Crippen LogP contribution in [-0.2, 0) is 10.1 Å². The van der Waals surface area contributed by atoms with Gasteiger partial charge in [-0.3, -0.25) is 0 Å². The fraction of sp³-hybridized carbons (Fsp3) is 0.0417. The van der Waals surface area contributed by atoms with Crippen LogP contribution >= 0.6 is 11.6 Å². The van der Waals surface area contributed by atoms with Gasteiger partial charge in [-0.1, -0.05) is 54.1 Å². The molecule has 31 heavy (non-hydrogen) atoms. The molecular formula is C24H19ClN2O3S. The third kappa shape index (κ3) is 4.77. The van der Waals surface area contributed by atoms with Gasteiger partial charge in [0.25, 0.3) is 0 Å². The molecule has 7 heteroatoms. The van der Waals surface area contributed by atoms with E-state index in [1.807, 2.05) is 12.1 Å². The molecule has 2 N–H and O–H groups in total. The van der Waals surface area contributed by atoms with Crippen LogP contribution in [0.25, 0.3) is 22.0 Å². The zero-order valence-electron chi connectivity index (χ0n) is 16.6. The van der Waals surface area contributed by atoms with Crippen LogP contribution in [0.1, 0.15) is 16.7 Å². The number of benzene rings is 3. The van der Waals surface area contributed by atoms with E-state index in [4.69, 9.17) is 24.6 Å². The third-order valence-electron chi connectivity index (χ3n) is 4.85. The Morgan fingerprint density at radius 1 is 0.968 bits per heavy atom. The van der Waals surface area contributed by atoms with Crippen LogP contribution in [0.2, 0.25) is 5.02 Å². The van der Waals surface area contributed by atoms with Crippen molar-refractivity contribution in [3.63, 3.8) is 0 Å². The van der Waals surface area contributed by atoms with E-state index in [1.54, 1.807) is 0 Å². The van der Waals surface area contributed by atoms with E-state index >= 15 is 0 Å². The Morgan fingerprint density at radius 2 is 1.61 bits per heavy atom.